The quantitative estimate of drug-likeness (QED) is 0.651. The Labute approximate surface area is 169 Å². The first-order valence-electron chi connectivity index (χ1n) is 9.70. The minimum atomic E-state index is -4.70. The third-order valence-electron chi connectivity index (χ3n) is 5.63. The van der Waals surface area contributed by atoms with Crippen LogP contribution in [0.5, 0.6) is 5.75 Å². The predicted molar refractivity (Wildman–Crippen MR) is 102 cm³/mol. The van der Waals surface area contributed by atoms with Gasteiger partial charge in [0, 0.05) is 18.7 Å². The van der Waals surface area contributed by atoms with Gasteiger partial charge in [0.15, 0.2) is 0 Å². The maximum Gasteiger partial charge on any atom is 0.521 e. The lowest BCUT2D eigenvalue weighted by Crippen LogP contribution is -2.47. The minimum absolute atomic E-state index is 0.127. The van der Waals surface area contributed by atoms with Crippen LogP contribution in [0.3, 0.4) is 0 Å². The van der Waals surface area contributed by atoms with Crippen LogP contribution in [0.25, 0.3) is 11.0 Å². The fourth-order valence-corrected chi connectivity index (χ4v) is 4.22. The summed E-state index contributed by atoms with van der Waals surface area (Å²) in [5.41, 5.74) is 1.57. The summed E-state index contributed by atoms with van der Waals surface area (Å²) < 4.78 is 59.0. The fraction of sp³-hybridized carbons (Fsp3) is 0.400. The van der Waals surface area contributed by atoms with Crippen molar-refractivity contribution in [2.45, 2.75) is 31.0 Å². The molecule has 5 rings (SSSR count). The summed E-state index contributed by atoms with van der Waals surface area (Å²) in [7, 11) is 0. The summed E-state index contributed by atoms with van der Waals surface area (Å²) in [5, 5.41) is 10.6. The highest BCUT2D eigenvalue weighted by Gasteiger charge is 2.39. The van der Waals surface area contributed by atoms with Crippen molar-refractivity contribution in [3.8, 4) is 5.75 Å². The van der Waals surface area contributed by atoms with E-state index in [0.29, 0.717) is 37.6 Å². The lowest BCUT2D eigenvalue weighted by molar-refractivity contribution is -0.220. The highest BCUT2D eigenvalue weighted by atomic mass is 19.4. The Balaban J connectivity index is 1.54. The lowest BCUT2D eigenvalue weighted by Gasteiger charge is -2.39. The SMILES string of the molecule is F[C@H]1CCN([C@H]2COc3ccccc3[C@@H]2Nc2cccc3nn(C(F)(F)F)nc23)C1. The van der Waals surface area contributed by atoms with Gasteiger partial charge in [0.05, 0.1) is 17.8 Å². The van der Waals surface area contributed by atoms with Crippen LogP contribution in [0.1, 0.15) is 18.0 Å². The van der Waals surface area contributed by atoms with Crippen LogP contribution in [0.15, 0.2) is 42.5 Å². The molecule has 158 valence electrons. The molecule has 0 bridgehead atoms. The Morgan fingerprint density at radius 3 is 2.67 bits per heavy atom. The van der Waals surface area contributed by atoms with Gasteiger partial charge in [-0.1, -0.05) is 29.1 Å². The third-order valence-corrected chi connectivity index (χ3v) is 5.63. The van der Waals surface area contributed by atoms with Crippen molar-refractivity contribution in [1.82, 2.24) is 19.9 Å². The van der Waals surface area contributed by atoms with E-state index < -0.39 is 12.5 Å². The van der Waals surface area contributed by atoms with Gasteiger partial charge in [-0.2, -0.15) is 0 Å². The number of anilines is 1. The second kappa shape index (κ2) is 7.12. The number of nitrogens with one attached hydrogen (secondary N) is 1. The number of halogens is 4. The number of rotatable bonds is 3. The maximum absolute atomic E-state index is 13.9. The molecule has 1 saturated heterocycles. The van der Waals surface area contributed by atoms with Gasteiger partial charge in [0.1, 0.15) is 29.6 Å². The van der Waals surface area contributed by atoms with Crippen molar-refractivity contribution in [1.29, 1.82) is 0 Å². The van der Waals surface area contributed by atoms with E-state index in [-0.39, 0.29) is 27.9 Å². The summed E-state index contributed by atoms with van der Waals surface area (Å²) >= 11 is 0. The van der Waals surface area contributed by atoms with Crippen molar-refractivity contribution in [3.05, 3.63) is 48.0 Å². The molecule has 30 heavy (non-hydrogen) atoms. The van der Waals surface area contributed by atoms with Gasteiger partial charge >= 0.3 is 6.30 Å². The van der Waals surface area contributed by atoms with Gasteiger partial charge < -0.3 is 10.1 Å². The Kier molecular flexibility index (Phi) is 4.53. The minimum Gasteiger partial charge on any atom is -0.491 e. The van der Waals surface area contributed by atoms with Crippen molar-refractivity contribution < 1.29 is 22.3 Å². The van der Waals surface area contributed by atoms with Gasteiger partial charge in [-0.15, -0.1) is 23.4 Å². The van der Waals surface area contributed by atoms with Gasteiger partial charge in [0.25, 0.3) is 0 Å². The number of ether oxygens (including phenoxy) is 1. The molecular weight excluding hydrogens is 402 g/mol. The van der Waals surface area contributed by atoms with Crippen LogP contribution < -0.4 is 10.1 Å². The van der Waals surface area contributed by atoms with E-state index in [2.05, 4.69) is 15.5 Å². The number of aromatic nitrogens is 3. The average Bonchev–Trinajstić information content (AvgIpc) is 3.35. The zero-order chi connectivity index (χ0) is 20.9. The molecule has 1 aromatic heterocycles. The predicted octanol–water partition coefficient (Wildman–Crippen LogP) is 3.87. The summed E-state index contributed by atoms with van der Waals surface area (Å²) in [6.07, 6.45) is -5.13. The molecule has 1 fully saturated rings. The number of fused-ring (bicyclic) bond motifs is 2. The van der Waals surface area contributed by atoms with Crippen LogP contribution in [0, 0.1) is 0 Å². The summed E-state index contributed by atoms with van der Waals surface area (Å²) in [6, 6.07) is 11.8. The van der Waals surface area contributed by atoms with E-state index in [4.69, 9.17) is 4.74 Å². The van der Waals surface area contributed by atoms with Gasteiger partial charge in [-0.3, -0.25) is 4.90 Å². The highest BCUT2D eigenvalue weighted by Crippen LogP contribution is 2.39. The van der Waals surface area contributed by atoms with E-state index in [1.54, 1.807) is 12.1 Å². The summed E-state index contributed by atoms with van der Waals surface area (Å²) in [4.78, 5) is 1.80. The molecule has 0 unspecified atom stereocenters. The number of nitrogens with zero attached hydrogens (tertiary/aromatic N) is 4. The molecular formula is C20H19F4N5O. The second-order valence-electron chi connectivity index (χ2n) is 7.55. The van der Waals surface area contributed by atoms with Crippen molar-refractivity contribution in [2.75, 3.05) is 25.0 Å². The molecule has 2 aliphatic rings. The molecule has 1 N–H and O–H groups in total. The van der Waals surface area contributed by atoms with E-state index in [0.717, 1.165) is 5.56 Å². The largest absolute Gasteiger partial charge is 0.521 e. The molecule has 10 heteroatoms. The monoisotopic (exact) mass is 421 g/mol. The van der Waals surface area contributed by atoms with E-state index in [1.807, 2.05) is 29.2 Å². The van der Waals surface area contributed by atoms with Crippen LogP contribution in [-0.2, 0) is 6.30 Å². The fourth-order valence-electron chi connectivity index (χ4n) is 4.22. The van der Waals surface area contributed by atoms with Gasteiger partial charge in [-0.05, 0) is 24.6 Å². The Morgan fingerprint density at radius 1 is 1.07 bits per heavy atom. The molecule has 2 aromatic carbocycles. The summed E-state index contributed by atoms with van der Waals surface area (Å²) in [5.74, 6) is 0.702. The van der Waals surface area contributed by atoms with E-state index >= 15 is 0 Å². The summed E-state index contributed by atoms with van der Waals surface area (Å²) in [6.45, 7) is 1.26. The normalized spacial score (nSPS) is 24.6. The molecule has 3 heterocycles. The molecule has 0 spiro atoms. The Morgan fingerprint density at radius 2 is 1.90 bits per heavy atom. The molecule has 0 aliphatic carbocycles. The van der Waals surface area contributed by atoms with Gasteiger partial charge in [-0.25, -0.2) is 4.39 Å². The van der Waals surface area contributed by atoms with Gasteiger partial charge in [0.2, 0.25) is 0 Å². The molecule has 6 nitrogen and oxygen atoms in total. The smallest absolute Gasteiger partial charge is 0.491 e. The van der Waals surface area contributed by atoms with Crippen molar-refractivity contribution in [3.63, 3.8) is 0 Å². The maximum atomic E-state index is 13.9. The third kappa shape index (κ3) is 3.34. The first kappa shape index (κ1) is 19.1. The average molecular weight is 421 g/mol. The van der Waals surface area contributed by atoms with Crippen LogP contribution in [-0.4, -0.2) is 51.8 Å². The highest BCUT2D eigenvalue weighted by molar-refractivity contribution is 5.87. The first-order chi connectivity index (χ1) is 14.4. The van der Waals surface area contributed by atoms with Crippen LogP contribution in [0.2, 0.25) is 0 Å². The van der Waals surface area contributed by atoms with Crippen molar-refractivity contribution in [2.24, 2.45) is 0 Å². The molecule has 2 aliphatic heterocycles. The number of benzene rings is 2. The number of para-hydroxylation sites is 1. The molecule has 3 aromatic rings. The lowest BCUT2D eigenvalue weighted by atomic mass is 9.94. The molecule has 0 amide bonds. The van der Waals surface area contributed by atoms with Crippen molar-refractivity contribution >= 4 is 16.7 Å². The zero-order valence-corrected chi connectivity index (χ0v) is 15.8. The number of hydrogen-bond donors (Lipinski definition) is 1. The first-order valence-corrected chi connectivity index (χ1v) is 9.70. The topological polar surface area (TPSA) is 55.2 Å². The molecule has 0 saturated carbocycles. The standard InChI is InChI=1S/C20H19F4N5O/c21-12-8-9-28(10-12)16-11-30-17-7-2-1-4-13(17)18(16)25-14-5-3-6-15-19(14)27-29(26-15)20(22,23)24/h1-7,12,16,18,25H,8-11H2/t12-,16-,18-/m0/s1. The van der Waals surface area contributed by atoms with Crippen LogP contribution >= 0.6 is 0 Å². The molecule has 0 radical (unpaired) electrons. The van der Waals surface area contributed by atoms with E-state index in [1.165, 1.54) is 6.07 Å². The zero-order valence-electron chi connectivity index (χ0n) is 15.8. The molecule has 3 atom stereocenters. The van der Waals surface area contributed by atoms with Crippen LogP contribution in [0.4, 0.5) is 23.2 Å². The Hall–Kier alpha value is -2.88. The number of likely N-dealkylation sites (tertiary alicyclic amines) is 1. The second-order valence-corrected chi connectivity index (χ2v) is 7.55. The number of alkyl halides is 4. The Bertz CT molecular complexity index is 1070. The number of hydrogen-bond acceptors (Lipinski definition) is 5. The van der Waals surface area contributed by atoms with E-state index in [9.17, 15) is 17.6 Å².